The number of carbonyl (C=O) groups is 2. The van der Waals surface area contributed by atoms with E-state index in [1.165, 1.54) is 12.1 Å². The van der Waals surface area contributed by atoms with Gasteiger partial charge in [-0.25, -0.2) is 19.6 Å². The van der Waals surface area contributed by atoms with Crippen molar-refractivity contribution in [1.29, 1.82) is 0 Å². The van der Waals surface area contributed by atoms with Crippen LogP contribution in [-0.2, 0) is 39.3 Å². The van der Waals surface area contributed by atoms with Gasteiger partial charge in [-0.1, -0.05) is 24.3 Å². The number of nitrogens with zero attached hydrogens (tertiary/aromatic N) is 6. The van der Waals surface area contributed by atoms with E-state index in [1.54, 1.807) is 12.1 Å². The molecule has 1 aliphatic heterocycles. The molecule has 4 bridgehead atoms. The first kappa shape index (κ1) is 25.1. The summed E-state index contributed by atoms with van der Waals surface area (Å²) < 4.78 is 0. The van der Waals surface area contributed by atoms with Gasteiger partial charge in [-0.2, -0.15) is 0 Å². The fourth-order valence-corrected chi connectivity index (χ4v) is 4.49. The molecule has 0 unspecified atom stereocenters. The minimum atomic E-state index is -1.06. The van der Waals surface area contributed by atoms with Crippen molar-refractivity contribution < 1.29 is 19.8 Å². The van der Waals surface area contributed by atoms with E-state index in [0.29, 0.717) is 50.7 Å². The lowest BCUT2D eigenvalue weighted by Gasteiger charge is -2.25. The average Bonchev–Trinajstić information content (AvgIpc) is 2.89. The van der Waals surface area contributed by atoms with Crippen LogP contribution in [0.25, 0.3) is 0 Å². The molecule has 0 radical (unpaired) electrons. The molecule has 0 aromatic carbocycles. The molecule has 192 valence electrons. The first-order chi connectivity index (χ1) is 18.4. The standard InChI is InChI=1S/C28H26N6O4/c35-27(36)25-11-3-9-23(31-25)17-33-13-19-5-1-6-20(29-19)14-34(16-22-8-2-7-21(15-33)30-22)18-24-10-4-12-26(32-24)28(37)38/h1-12H,13-18H2,(H,35,36)(H,37,38). The number of pyridine rings is 4. The number of carboxylic acid groups (broad SMARTS) is 2. The van der Waals surface area contributed by atoms with Gasteiger partial charge in [0.05, 0.1) is 34.2 Å². The second-order valence-electron chi connectivity index (χ2n) is 9.17. The maximum Gasteiger partial charge on any atom is 0.354 e. The second kappa shape index (κ2) is 11.2. The summed E-state index contributed by atoms with van der Waals surface area (Å²) in [5, 5.41) is 18.7. The van der Waals surface area contributed by atoms with E-state index in [0.717, 1.165) is 22.8 Å². The minimum Gasteiger partial charge on any atom is -0.477 e. The van der Waals surface area contributed by atoms with Crippen LogP contribution in [0.2, 0.25) is 0 Å². The van der Waals surface area contributed by atoms with Crippen LogP contribution in [-0.4, -0.2) is 51.9 Å². The Morgan fingerprint density at radius 2 is 0.895 bits per heavy atom. The Morgan fingerprint density at radius 1 is 0.553 bits per heavy atom. The fourth-order valence-electron chi connectivity index (χ4n) is 4.49. The van der Waals surface area contributed by atoms with E-state index in [4.69, 9.17) is 9.97 Å². The zero-order valence-corrected chi connectivity index (χ0v) is 20.6. The van der Waals surface area contributed by atoms with Gasteiger partial charge in [0.2, 0.25) is 0 Å². The van der Waals surface area contributed by atoms with Crippen LogP contribution < -0.4 is 0 Å². The van der Waals surface area contributed by atoms with Crippen LogP contribution in [0, 0.1) is 0 Å². The summed E-state index contributed by atoms with van der Waals surface area (Å²) in [6.07, 6.45) is 0. The summed E-state index contributed by atoms with van der Waals surface area (Å²) in [5.74, 6) is -2.11. The van der Waals surface area contributed by atoms with Crippen molar-refractivity contribution in [2.75, 3.05) is 0 Å². The Kier molecular flexibility index (Phi) is 7.43. The molecule has 4 aromatic heterocycles. The number of aromatic carboxylic acids is 2. The zero-order valence-electron chi connectivity index (χ0n) is 20.6. The lowest BCUT2D eigenvalue weighted by atomic mass is 10.2. The van der Waals surface area contributed by atoms with Gasteiger partial charge in [-0.05, 0) is 48.5 Å². The first-order valence-corrected chi connectivity index (χ1v) is 12.1. The Morgan fingerprint density at radius 3 is 1.24 bits per heavy atom. The fraction of sp³-hybridized carbons (Fsp3) is 0.214. The SMILES string of the molecule is O=C(O)c1cccc(CN2Cc3cccc(n3)CN(Cc3cccc(C(=O)O)n3)Cc3cccc(n3)C2)n1. The highest BCUT2D eigenvalue weighted by Gasteiger charge is 2.17. The summed E-state index contributed by atoms with van der Waals surface area (Å²) in [6.45, 7) is 3.00. The number of carboxylic acids is 2. The van der Waals surface area contributed by atoms with Crippen LogP contribution in [0.1, 0.15) is 55.1 Å². The molecule has 10 heteroatoms. The van der Waals surface area contributed by atoms with E-state index in [9.17, 15) is 19.8 Å². The maximum atomic E-state index is 11.4. The van der Waals surface area contributed by atoms with Crippen molar-refractivity contribution in [2.45, 2.75) is 39.3 Å². The Bertz CT molecular complexity index is 1320. The van der Waals surface area contributed by atoms with E-state index in [1.807, 2.05) is 48.5 Å². The van der Waals surface area contributed by atoms with Gasteiger partial charge in [0.15, 0.2) is 0 Å². The molecule has 2 N–H and O–H groups in total. The van der Waals surface area contributed by atoms with Crippen LogP contribution in [0.15, 0.2) is 72.8 Å². The summed E-state index contributed by atoms with van der Waals surface area (Å²) in [6, 6.07) is 21.8. The quantitative estimate of drug-likeness (QED) is 0.398. The van der Waals surface area contributed by atoms with Gasteiger partial charge in [0.1, 0.15) is 11.4 Å². The number of hydrogen-bond acceptors (Lipinski definition) is 8. The number of hydrogen-bond donors (Lipinski definition) is 2. The molecule has 0 saturated carbocycles. The first-order valence-electron chi connectivity index (χ1n) is 12.1. The molecule has 5 heterocycles. The lowest BCUT2D eigenvalue weighted by Crippen LogP contribution is -2.28. The predicted molar refractivity (Wildman–Crippen MR) is 137 cm³/mol. The average molecular weight is 511 g/mol. The second-order valence-corrected chi connectivity index (χ2v) is 9.17. The minimum absolute atomic E-state index is 0.0144. The molecule has 0 saturated heterocycles. The predicted octanol–water partition coefficient (Wildman–Crippen LogP) is 3.38. The van der Waals surface area contributed by atoms with Crippen LogP contribution in [0.4, 0.5) is 0 Å². The maximum absolute atomic E-state index is 11.4. The van der Waals surface area contributed by atoms with Gasteiger partial charge >= 0.3 is 11.9 Å². The van der Waals surface area contributed by atoms with Gasteiger partial charge < -0.3 is 10.2 Å². The van der Waals surface area contributed by atoms with E-state index in [2.05, 4.69) is 19.8 Å². The number of fused-ring (bicyclic) bond motifs is 4. The summed E-state index contributed by atoms with van der Waals surface area (Å²) in [4.78, 5) is 45.4. The van der Waals surface area contributed by atoms with Crippen LogP contribution in [0.5, 0.6) is 0 Å². The molecule has 0 aliphatic carbocycles. The third-order valence-electron chi connectivity index (χ3n) is 6.09. The lowest BCUT2D eigenvalue weighted by molar-refractivity contribution is 0.0679. The third kappa shape index (κ3) is 6.41. The molecule has 0 atom stereocenters. The van der Waals surface area contributed by atoms with Gasteiger partial charge in [-0.3, -0.25) is 19.8 Å². The van der Waals surface area contributed by atoms with Crippen molar-refractivity contribution >= 4 is 11.9 Å². The number of rotatable bonds is 6. The smallest absolute Gasteiger partial charge is 0.354 e. The normalized spacial score (nSPS) is 14.3. The largest absolute Gasteiger partial charge is 0.477 e. The van der Waals surface area contributed by atoms with Gasteiger partial charge in [0.25, 0.3) is 0 Å². The van der Waals surface area contributed by atoms with E-state index in [-0.39, 0.29) is 11.4 Å². The highest BCUT2D eigenvalue weighted by Crippen LogP contribution is 2.17. The molecule has 38 heavy (non-hydrogen) atoms. The molecule has 10 nitrogen and oxygen atoms in total. The number of aromatic nitrogens is 4. The van der Waals surface area contributed by atoms with Crippen molar-refractivity contribution in [3.8, 4) is 0 Å². The third-order valence-corrected chi connectivity index (χ3v) is 6.09. The Balaban J connectivity index is 1.44. The van der Waals surface area contributed by atoms with E-state index < -0.39 is 11.9 Å². The molecular formula is C28H26N6O4. The van der Waals surface area contributed by atoms with Gasteiger partial charge in [0, 0.05) is 39.3 Å². The monoisotopic (exact) mass is 510 g/mol. The van der Waals surface area contributed by atoms with Crippen molar-refractivity contribution in [2.24, 2.45) is 0 Å². The van der Waals surface area contributed by atoms with Crippen molar-refractivity contribution in [1.82, 2.24) is 29.7 Å². The van der Waals surface area contributed by atoms with Crippen molar-refractivity contribution in [3.63, 3.8) is 0 Å². The zero-order chi connectivity index (χ0) is 26.5. The van der Waals surface area contributed by atoms with Gasteiger partial charge in [-0.15, -0.1) is 0 Å². The van der Waals surface area contributed by atoms with Crippen molar-refractivity contribution in [3.05, 3.63) is 118 Å². The highest BCUT2D eigenvalue weighted by molar-refractivity contribution is 5.85. The Hall–Kier alpha value is -4.54. The summed E-state index contributed by atoms with van der Waals surface area (Å²) in [7, 11) is 0. The van der Waals surface area contributed by atoms with Crippen LogP contribution in [0.3, 0.4) is 0 Å². The molecule has 0 spiro atoms. The summed E-state index contributed by atoms with van der Waals surface area (Å²) in [5.41, 5.74) is 4.84. The highest BCUT2D eigenvalue weighted by atomic mass is 16.4. The summed E-state index contributed by atoms with van der Waals surface area (Å²) >= 11 is 0. The molecular weight excluding hydrogens is 484 g/mol. The topological polar surface area (TPSA) is 133 Å². The molecule has 1 aliphatic rings. The van der Waals surface area contributed by atoms with Crippen LogP contribution >= 0.6 is 0 Å². The molecule has 4 aromatic rings. The molecule has 0 amide bonds. The molecule has 5 rings (SSSR count). The molecule has 0 fully saturated rings. The Labute approximate surface area is 219 Å². The van der Waals surface area contributed by atoms with E-state index >= 15 is 0 Å².